The van der Waals surface area contributed by atoms with Crippen molar-refractivity contribution in [3.63, 3.8) is 0 Å². The minimum atomic E-state index is 0.249. The fourth-order valence-electron chi connectivity index (χ4n) is 2.67. The number of hydrogen-bond acceptors (Lipinski definition) is 3. The number of rotatable bonds is 14. The number of hydrogen-bond donors (Lipinski definition) is 1. The fraction of sp³-hybridized carbons (Fsp3) is 0.700. The van der Waals surface area contributed by atoms with Gasteiger partial charge < -0.3 is 9.47 Å². The molecule has 0 saturated heterocycles. The molecule has 0 amide bonds. The van der Waals surface area contributed by atoms with Crippen molar-refractivity contribution in [2.24, 2.45) is 0 Å². The molecule has 0 saturated carbocycles. The third kappa shape index (κ3) is 10.1. The van der Waals surface area contributed by atoms with E-state index in [9.17, 15) is 0 Å². The molecule has 0 aliphatic heterocycles. The quantitative estimate of drug-likeness (QED) is 0.340. The first-order chi connectivity index (χ1) is 11.3. The van der Waals surface area contributed by atoms with Gasteiger partial charge in [-0.2, -0.15) is 12.6 Å². The van der Waals surface area contributed by atoms with E-state index < -0.39 is 0 Å². The van der Waals surface area contributed by atoms with E-state index in [0.29, 0.717) is 19.3 Å². The van der Waals surface area contributed by atoms with Crippen LogP contribution in [-0.4, -0.2) is 25.9 Å². The first-order valence-corrected chi connectivity index (χ1v) is 9.71. The molecule has 0 radical (unpaired) electrons. The zero-order valence-corrected chi connectivity index (χ0v) is 15.8. The highest BCUT2D eigenvalue weighted by Crippen LogP contribution is 2.22. The van der Waals surface area contributed by atoms with E-state index in [-0.39, 0.29) is 5.25 Å². The number of ether oxygens (including phenoxy) is 2. The molecule has 132 valence electrons. The summed E-state index contributed by atoms with van der Waals surface area (Å²) in [6, 6.07) is 10.4. The smallest absolute Gasteiger partial charge is 0.0704 e. The van der Waals surface area contributed by atoms with Crippen molar-refractivity contribution in [1.82, 2.24) is 0 Å². The molecule has 0 aromatic heterocycles. The molecule has 3 heteroatoms. The first-order valence-electron chi connectivity index (χ1n) is 9.20. The Hall–Kier alpha value is -0.510. The van der Waals surface area contributed by atoms with Gasteiger partial charge in [0.1, 0.15) is 0 Å². The van der Waals surface area contributed by atoms with Gasteiger partial charge in [0.25, 0.3) is 0 Å². The Morgan fingerprint density at radius 2 is 1.65 bits per heavy atom. The maximum atomic E-state index is 5.98. The van der Waals surface area contributed by atoms with Gasteiger partial charge in [0.2, 0.25) is 0 Å². The summed E-state index contributed by atoms with van der Waals surface area (Å²) in [4.78, 5) is 0. The number of benzene rings is 1. The Labute approximate surface area is 148 Å². The molecule has 2 atom stereocenters. The Balaban J connectivity index is 2.06. The minimum Gasteiger partial charge on any atom is -0.379 e. The summed E-state index contributed by atoms with van der Waals surface area (Å²) in [6.45, 7) is 6.60. The van der Waals surface area contributed by atoms with Crippen molar-refractivity contribution in [3.8, 4) is 0 Å². The molecule has 0 N–H and O–H groups in total. The molecular formula is C20H34O2S. The summed E-state index contributed by atoms with van der Waals surface area (Å²) in [5, 5.41) is 0.249. The third-order valence-corrected chi connectivity index (χ3v) is 4.60. The molecule has 2 unspecified atom stereocenters. The van der Waals surface area contributed by atoms with Crippen LogP contribution in [0.25, 0.3) is 0 Å². The summed E-state index contributed by atoms with van der Waals surface area (Å²) in [5.74, 6) is 0. The maximum Gasteiger partial charge on any atom is 0.0704 e. The summed E-state index contributed by atoms with van der Waals surface area (Å²) >= 11 is 4.64. The molecule has 1 aromatic carbocycles. The van der Waals surface area contributed by atoms with E-state index in [1.165, 1.54) is 37.7 Å². The van der Waals surface area contributed by atoms with Crippen LogP contribution < -0.4 is 0 Å². The summed E-state index contributed by atoms with van der Waals surface area (Å²) in [7, 11) is 0. The molecule has 0 fully saturated rings. The molecule has 0 aliphatic carbocycles. The van der Waals surface area contributed by atoms with Crippen LogP contribution >= 0.6 is 12.6 Å². The SMILES string of the molecule is CCCCCC(CCC)OCCOCCC(S)c1ccccc1. The standard InChI is InChI=1S/C20H34O2S/c1-3-5-7-13-19(10-4-2)22-17-16-21-15-14-20(23)18-11-8-6-9-12-18/h6,8-9,11-12,19-20,23H,3-5,7,10,13-17H2,1-2H3. The Bertz CT molecular complexity index is 369. The Morgan fingerprint density at radius 1 is 0.870 bits per heavy atom. The van der Waals surface area contributed by atoms with Gasteiger partial charge in [0.15, 0.2) is 0 Å². The predicted molar refractivity (Wildman–Crippen MR) is 102 cm³/mol. The van der Waals surface area contributed by atoms with Gasteiger partial charge in [-0.15, -0.1) is 0 Å². The van der Waals surface area contributed by atoms with Crippen molar-refractivity contribution in [1.29, 1.82) is 0 Å². The number of thiol groups is 1. The van der Waals surface area contributed by atoms with Crippen molar-refractivity contribution in [2.45, 2.75) is 70.1 Å². The second-order valence-electron chi connectivity index (χ2n) is 6.10. The molecule has 2 nitrogen and oxygen atoms in total. The molecule has 0 aliphatic rings. The van der Waals surface area contributed by atoms with Crippen LogP contribution in [0.1, 0.15) is 69.6 Å². The van der Waals surface area contributed by atoms with Crippen LogP contribution in [0.3, 0.4) is 0 Å². The summed E-state index contributed by atoms with van der Waals surface area (Å²) in [5.41, 5.74) is 1.26. The van der Waals surface area contributed by atoms with Gasteiger partial charge in [0, 0.05) is 11.9 Å². The zero-order valence-electron chi connectivity index (χ0n) is 14.9. The monoisotopic (exact) mass is 338 g/mol. The van der Waals surface area contributed by atoms with E-state index >= 15 is 0 Å². The molecule has 23 heavy (non-hydrogen) atoms. The van der Waals surface area contributed by atoms with E-state index in [1.54, 1.807) is 0 Å². The van der Waals surface area contributed by atoms with Crippen LogP contribution in [0.2, 0.25) is 0 Å². The van der Waals surface area contributed by atoms with Crippen molar-refractivity contribution in [2.75, 3.05) is 19.8 Å². The molecule has 0 spiro atoms. The van der Waals surface area contributed by atoms with Gasteiger partial charge in [-0.3, -0.25) is 0 Å². The summed E-state index contributed by atoms with van der Waals surface area (Å²) < 4.78 is 11.7. The average molecular weight is 339 g/mol. The van der Waals surface area contributed by atoms with Crippen molar-refractivity contribution in [3.05, 3.63) is 35.9 Å². The Morgan fingerprint density at radius 3 is 2.35 bits per heavy atom. The van der Waals surface area contributed by atoms with Crippen LogP contribution in [0.5, 0.6) is 0 Å². The van der Waals surface area contributed by atoms with Crippen LogP contribution in [0.15, 0.2) is 30.3 Å². The van der Waals surface area contributed by atoms with E-state index in [0.717, 1.165) is 19.4 Å². The van der Waals surface area contributed by atoms with Crippen LogP contribution in [-0.2, 0) is 9.47 Å². The fourth-order valence-corrected chi connectivity index (χ4v) is 2.95. The molecule has 1 rings (SSSR count). The second-order valence-corrected chi connectivity index (χ2v) is 6.73. The molecule has 0 bridgehead atoms. The van der Waals surface area contributed by atoms with Gasteiger partial charge >= 0.3 is 0 Å². The average Bonchev–Trinajstić information content (AvgIpc) is 2.58. The molecule has 0 heterocycles. The lowest BCUT2D eigenvalue weighted by atomic mass is 10.1. The highest BCUT2D eigenvalue weighted by molar-refractivity contribution is 7.80. The van der Waals surface area contributed by atoms with Crippen molar-refractivity contribution < 1.29 is 9.47 Å². The second kappa shape index (κ2) is 13.9. The largest absolute Gasteiger partial charge is 0.379 e. The normalized spacial score (nSPS) is 13.9. The Kier molecular flexibility index (Phi) is 12.4. The number of unbranched alkanes of at least 4 members (excludes halogenated alkanes) is 2. The maximum absolute atomic E-state index is 5.98. The van der Waals surface area contributed by atoms with Gasteiger partial charge in [-0.05, 0) is 24.8 Å². The first kappa shape index (κ1) is 20.5. The van der Waals surface area contributed by atoms with Gasteiger partial charge in [-0.1, -0.05) is 69.9 Å². The van der Waals surface area contributed by atoms with Gasteiger partial charge in [-0.25, -0.2) is 0 Å². The van der Waals surface area contributed by atoms with Crippen LogP contribution in [0, 0.1) is 0 Å². The molecule has 1 aromatic rings. The zero-order chi connectivity index (χ0) is 16.8. The topological polar surface area (TPSA) is 18.5 Å². The highest BCUT2D eigenvalue weighted by atomic mass is 32.1. The van der Waals surface area contributed by atoms with Crippen LogP contribution in [0.4, 0.5) is 0 Å². The van der Waals surface area contributed by atoms with Gasteiger partial charge in [0.05, 0.1) is 19.3 Å². The van der Waals surface area contributed by atoms with E-state index in [4.69, 9.17) is 9.47 Å². The minimum absolute atomic E-state index is 0.249. The predicted octanol–water partition coefficient (Wildman–Crippen LogP) is 5.83. The lowest BCUT2D eigenvalue weighted by molar-refractivity contribution is -0.00368. The molecular weight excluding hydrogens is 304 g/mol. The summed E-state index contributed by atoms with van der Waals surface area (Å²) in [6.07, 6.45) is 8.75. The van der Waals surface area contributed by atoms with E-state index in [1.807, 2.05) is 6.07 Å². The highest BCUT2D eigenvalue weighted by Gasteiger charge is 2.08. The van der Waals surface area contributed by atoms with E-state index in [2.05, 4.69) is 50.7 Å². The third-order valence-electron chi connectivity index (χ3n) is 4.04. The lowest BCUT2D eigenvalue weighted by Crippen LogP contribution is -2.16. The van der Waals surface area contributed by atoms with Crippen molar-refractivity contribution >= 4 is 12.6 Å². The lowest BCUT2D eigenvalue weighted by Gasteiger charge is -2.17.